The summed E-state index contributed by atoms with van der Waals surface area (Å²) in [7, 11) is 0. The number of benzene rings is 1. The van der Waals surface area contributed by atoms with E-state index in [1.54, 1.807) is 56.6 Å². The summed E-state index contributed by atoms with van der Waals surface area (Å²) in [6, 6.07) is 11.7. The molecule has 1 aromatic carbocycles. The minimum atomic E-state index is -3.01. The molecule has 13 heteroatoms. The molecule has 11 nitrogen and oxygen atoms in total. The van der Waals surface area contributed by atoms with Crippen LogP contribution in [0.4, 0.5) is 8.78 Å². The van der Waals surface area contributed by atoms with Gasteiger partial charge in [0.25, 0.3) is 0 Å². The predicted molar refractivity (Wildman–Crippen MR) is 150 cm³/mol. The highest BCUT2D eigenvalue weighted by molar-refractivity contribution is 5.47. The van der Waals surface area contributed by atoms with Crippen LogP contribution in [0.3, 0.4) is 0 Å². The molecule has 1 saturated heterocycles. The standard InChI is InChI=1S/C31H36F2N2O9/c1-31(2,40)24-9-5-18(14-34-24)20(17-4-8-21(43-30(32)33)22(12-17)41-19-6-7-19)11-16-3-10-25(35-13-16)44-29-28(39)27(38)26(37)23(15-36)42-29/h3-5,8-10,12-14,19-20,23,26-30,36-40H,6-7,11,15H2,1-2H3/t20-,23?,26-,27?,28+,29-/m0/s1. The zero-order chi connectivity index (χ0) is 31.6. The third-order valence-electron chi connectivity index (χ3n) is 7.54. The van der Waals surface area contributed by atoms with Crippen molar-refractivity contribution in [2.75, 3.05) is 6.61 Å². The maximum Gasteiger partial charge on any atom is 0.387 e. The average Bonchev–Trinajstić information content (AvgIpc) is 3.81. The molecule has 5 rings (SSSR count). The van der Waals surface area contributed by atoms with E-state index in [2.05, 4.69) is 9.97 Å². The van der Waals surface area contributed by atoms with Crippen LogP contribution in [0.15, 0.2) is 54.9 Å². The molecule has 5 N–H and O–H groups in total. The van der Waals surface area contributed by atoms with Crippen molar-refractivity contribution in [3.8, 4) is 17.4 Å². The van der Waals surface area contributed by atoms with Crippen LogP contribution in [0.5, 0.6) is 17.4 Å². The fourth-order valence-corrected chi connectivity index (χ4v) is 4.91. The first-order valence-corrected chi connectivity index (χ1v) is 14.3. The van der Waals surface area contributed by atoms with Gasteiger partial charge in [-0.2, -0.15) is 8.78 Å². The highest BCUT2D eigenvalue weighted by atomic mass is 19.3. The van der Waals surface area contributed by atoms with Crippen molar-refractivity contribution in [3.05, 3.63) is 77.2 Å². The van der Waals surface area contributed by atoms with E-state index in [9.17, 15) is 34.3 Å². The summed E-state index contributed by atoms with van der Waals surface area (Å²) in [5.41, 5.74) is 1.64. The number of aromatic nitrogens is 2. The van der Waals surface area contributed by atoms with Crippen molar-refractivity contribution in [1.82, 2.24) is 9.97 Å². The van der Waals surface area contributed by atoms with Crippen LogP contribution < -0.4 is 14.2 Å². The molecule has 2 unspecified atom stereocenters. The molecule has 2 aromatic heterocycles. The van der Waals surface area contributed by atoms with Crippen LogP contribution in [0.1, 0.15) is 55.0 Å². The SMILES string of the molecule is CC(C)(O)c1ccc([C@@H](Cc2ccc(O[C@@H]3OC(CO)[C@H](O)C(O)[C@H]3O)nc2)c2ccc(OC(F)F)c(OC3CC3)c2)cn1. The number of halogens is 2. The number of aliphatic hydroxyl groups excluding tert-OH is 4. The second-order valence-electron chi connectivity index (χ2n) is 11.5. The molecule has 3 heterocycles. The second kappa shape index (κ2) is 13.3. The maximum absolute atomic E-state index is 13.1. The van der Waals surface area contributed by atoms with Crippen LogP contribution in [0.25, 0.3) is 0 Å². The minimum Gasteiger partial charge on any atom is -0.487 e. The van der Waals surface area contributed by atoms with Crippen LogP contribution >= 0.6 is 0 Å². The molecule has 1 aliphatic heterocycles. The second-order valence-corrected chi connectivity index (χ2v) is 11.5. The number of hydrogen-bond acceptors (Lipinski definition) is 11. The largest absolute Gasteiger partial charge is 0.487 e. The van der Waals surface area contributed by atoms with Gasteiger partial charge in [-0.15, -0.1) is 0 Å². The Labute approximate surface area is 252 Å². The van der Waals surface area contributed by atoms with E-state index in [4.69, 9.17) is 18.9 Å². The molecule has 0 spiro atoms. The zero-order valence-electron chi connectivity index (χ0n) is 24.2. The van der Waals surface area contributed by atoms with Crippen molar-refractivity contribution >= 4 is 0 Å². The highest BCUT2D eigenvalue weighted by Crippen LogP contribution is 2.39. The highest BCUT2D eigenvalue weighted by Gasteiger charge is 2.44. The van der Waals surface area contributed by atoms with Gasteiger partial charge in [0.15, 0.2) is 11.5 Å². The maximum atomic E-state index is 13.1. The third kappa shape index (κ3) is 7.60. The molecule has 2 aliphatic rings. The van der Waals surface area contributed by atoms with Gasteiger partial charge < -0.3 is 44.5 Å². The van der Waals surface area contributed by atoms with E-state index in [1.807, 2.05) is 6.07 Å². The summed E-state index contributed by atoms with van der Waals surface area (Å²) in [5.74, 6) is -0.0991. The van der Waals surface area contributed by atoms with Gasteiger partial charge in [0, 0.05) is 24.4 Å². The molecule has 1 aliphatic carbocycles. The predicted octanol–water partition coefficient (Wildman–Crippen LogP) is 2.40. The zero-order valence-corrected chi connectivity index (χ0v) is 24.2. The number of ether oxygens (including phenoxy) is 4. The van der Waals surface area contributed by atoms with Crippen LogP contribution in [-0.4, -0.2) is 85.5 Å². The molecule has 0 amide bonds. The lowest BCUT2D eigenvalue weighted by molar-refractivity contribution is -0.278. The summed E-state index contributed by atoms with van der Waals surface area (Å²) in [6.07, 6.45) is -1.98. The van der Waals surface area contributed by atoms with Gasteiger partial charge in [0.1, 0.15) is 30.0 Å². The summed E-state index contributed by atoms with van der Waals surface area (Å²) in [4.78, 5) is 8.76. The molecule has 6 atom stereocenters. The Morgan fingerprint density at radius 2 is 1.66 bits per heavy atom. The fraction of sp³-hybridized carbons (Fsp3) is 0.484. The lowest BCUT2D eigenvalue weighted by Gasteiger charge is -2.39. The van der Waals surface area contributed by atoms with Crippen LogP contribution in [-0.2, 0) is 16.8 Å². The quantitative estimate of drug-likeness (QED) is 0.203. The number of rotatable bonds is 12. The number of pyridine rings is 2. The molecule has 2 fully saturated rings. The summed E-state index contributed by atoms with van der Waals surface area (Å²) < 4.78 is 47.8. The summed E-state index contributed by atoms with van der Waals surface area (Å²) in [5, 5.41) is 50.1. The van der Waals surface area contributed by atoms with Gasteiger partial charge in [-0.1, -0.05) is 18.2 Å². The van der Waals surface area contributed by atoms with Gasteiger partial charge in [-0.3, -0.25) is 4.98 Å². The van der Waals surface area contributed by atoms with Crippen molar-refractivity contribution in [2.45, 2.75) is 88.1 Å². The number of alkyl halides is 2. The summed E-state index contributed by atoms with van der Waals surface area (Å²) in [6.45, 7) is -0.330. The molecule has 0 radical (unpaired) electrons. The van der Waals surface area contributed by atoms with Gasteiger partial charge in [-0.25, -0.2) is 4.98 Å². The van der Waals surface area contributed by atoms with Gasteiger partial charge in [0.05, 0.1) is 18.4 Å². The van der Waals surface area contributed by atoms with Crippen molar-refractivity contribution in [1.29, 1.82) is 0 Å². The fourth-order valence-electron chi connectivity index (χ4n) is 4.91. The Morgan fingerprint density at radius 3 is 2.25 bits per heavy atom. The lowest BCUT2D eigenvalue weighted by atomic mass is 9.86. The van der Waals surface area contributed by atoms with E-state index in [0.29, 0.717) is 12.1 Å². The number of hydrogen-bond donors (Lipinski definition) is 5. The third-order valence-corrected chi connectivity index (χ3v) is 7.54. The van der Waals surface area contributed by atoms with Crippen molar-refractivity contribution < 1.29 is 53.3 Å². The monoisotopic (exact) mass is 618 g/mol. The topological polar surface area (TPSA) is 164 Å². The molecular formula is C31H36F2N2O9. The lowest BCUT2D eigenvalue weighted by Crippen LogP contribution is -2.60. The molecule has 1 saturated carbocycles. The number of nitrogens with zero attached hydrogens (tertiary/aromatic N) is 2. The van der Waals surface area contributed by atoms with Gasteiger partial charge >= 0.3 is 6.61 Å². The molecule has 3 aromatic rings. The van der Waals surface area contributed by atoms with Crippen LogP contribution in [0, 0.1) is 0 Å². The molecule has 0 bridgehead atoms. The van der Waals surface area contributed by atoms with Gasteiger partial charge in [0.2, 0.25) is 12.2 Å². The molecule has 238 valence electrons. The summed E-state index contributed by atoms with van der Waals surface area (Å²) >= 11 is 0. The minimum absolute atomic E-state index is 0.0544. The van der Waals surface area contributed by atoms with E-state index >= 15 is 0 Å². The Hall–Kier alpha value is -3.46. The van der Waals surface area contributed by atoms with Crippen molar-refractivity contribution in [2.24, 2.45) is 0 Å². The number of aliphatic hydroxyl groups is 5. The first-order valence-electron chi connectivity index (χ1n) is 14.3. The normalized spacial score (nSPS) is 24.6. The Balaban J connectivity index is 1.40. The van der Waals surface area contributed by atoms with E-state index in [1.165, 1.54) is 6.07 Å². The van der Waals surface area contributed by atoms with E-state index < -0.39 is 49.5 Å². The smallest absolute Gasteiger partial charge is 0.387 e. The van der Waals surface area contributed by atoms with Crippen LogP contribution in [0.2, 0.25) is 0 Å². The first-order chi connectivity index (χ1) is 20.9. The Morgan fingerprint density at radius 1 is 0.909 bits per heavy atom. The van der Waals surface area contributed by atoms with E-state index in [0.717, 1.165) is 29.5 Å². The molecule has 44 heavy (non-hydrogen) atoms. The Kier molecular flexibility index (Phi) is 9.63. The average molecular weight is 619 g/mol. The van der Waals surface area contributed by atoms with E-state index in [-0.39, 0.29) is 29.4 Å². The Bertz CT molecular complexity index is 1380. The van der Waals surface area contributed by atoms with Gasteiger partial charge in [-0.05, 0) is 68.0 Å². The first kappa shape index (κ1) is 31.9. The molecular weight excluding hydrogens is 582 g/mol. The van der Waals surface area contributed by atoms with Crippen molar-refractivity contribution in [3.63, 3.8) is 0 Å².